The maximum Gasteiger partial charge on any atom is 0.211 e. The monoisotopic (exact) mass is 305 g/mol. The first-order chi connectivity index (χ1) is 9.97. The molecule has 0 unspecified atom stereocenters. The third kappa shape index (κ3) is 2.87. The van der Waals surface area contributed by atoms with Gasteiger partial charge in [0.25, 0.3) is 0 Å². The normalized spacial score (nSPS) is 17.1. The maximum absolute atomic E-state index is 11.5. The molecule has 3 rings (SSSR count). The summed E-state index contributed by atoms with van der Waals surface area (Å²) in [5, 5.41) is 0. The number of fused-ring (bicyclic) bond motifs is 1. The van der Waals surface area contributed by atoms with E-state index in [9.17, 15) is 8.42 Å². The molecule has 2 aromatic heterocycles. The Balaban J connectivity index is 1.89. The van der Waals surface area contributed by atoms with E-state index in [0.29, 0.717) is 13.1 Å². The van der Waals surface area contributed by atoms with Gasteiger partial charge in [-0.1, -0.05) is 13.0 Å². The molecule has 0 fully saturated rings. The average Bonchev–Trinajstić information content (AvgIpc) is 2.88. The molecule has 0 aromatic carbocycles. The number of imidazole rings is 1. The van der Waals surface area contributed by atoms with Gasteiger partial charge in [0.15, 0.2) is 0 Å². The van der Waals surface area contributed by atoms with Crippen molar-refractivity contribution in [3.8, 4) is 0 Å². The van der Waals surface area contributed by atoms with Gasteiger partial charge in [-0.05, 0) is 36.1 Å². The van der Waals surface area contributed by atoms with Crippen molar-refractivity contribution < 1.29 is 8.42 Å². The lowest BCUT2D eigenvalue weighted by Crippen LogP contribution is -2.33. The number of nitrogens with zero attached hydrogens (tertiary/aromatic N) is 3. The number of aromatic nitrogens is 2. The van der Waals surface area contributed by atoms with E-state index >= 15 is 0 Å². The van der Waals surface area contributed by atoms with Crippen molar-refractivity contribution in [2.75, 3.05) is 19.3 Å². The molecule has 0 aliphatic carbocycles. The molecule has 0 spiro atoms. The minimum absolute atomic E-state index is 0.455. The summed E-state index contributed by atoms with van der Waals surface area (Å²) >= 11 is 0. The van der Waals surface area contributed by atoms with Crippen LogP contribution in [0.4, 0.5) is 0 Å². The zero-order valence-corrected chi connectivity index (χ0v) is 13.1. The van der Waals surface area contributed by atoms with Gasteiger partial charge in [0, 0.05) is 25.5 Å². The van der Waals surface area contributed by atoms with Gasteiger partial charge in [0.1, 0.15) is 5.65 Å². The van der Waals surface area contributed by atoms with E-state index in [0.717, 1.165) is 29.7 Å². The first-order valence-corrected chi connectivity index (χ1v) is 8.94. The van der Waals surface area contributed by atoms with Gasteiger partial charge in [-0.3, -0.25) is 0 Å². The molecular formula is C15H19N3O2S. The third-order valence-electron chi connectivity index (χ3n) is 3.87. The Kier molecular flexibility index (Phi) is 3.59. The van der Waals surface area contributed by atoms with Crippen LogP contribution in [0.2, 0.25) is 0 Å². The fourth-order valence-corrected chi connectivity index (χ4v) is 3.39. The molecule has 21 heavy (non-hydrogen) atoms. The van der Waals surface area contributed by atoms with Crippen LogP contribution in [0.1, 0.15) is 24.6 Å². The molecular weight excluding hydrogens is 286 g/mol. The van der Waals surface area contributed by atoms with E-state index in [2.05, 4.69) is 24.2 Å². The van der Waals surface area contributed by atoms with Gasteiger partial charge >= 0.3 is 0 Å². The van der Waals surface area contributed by atoms with Crippen molar-refractivity contribution in [1.29, 1.82) is 0 Å². The molecule has 0 saturated heterocycles. The second-order valence-corrected chi connectivity index (χ2v) is 7.35. The lowest BCUT2D eigenvalue weighted by molar-refractivity contribution is 0.446. The SMILES string of the molecule is CCc1cn2cc(C3=CCN(S(C)(=O)=O)CC3)ccc2n1. The summed E-state index contributed by atoms with van der Waals surface area (Å²) in [6, 6.07) is 4.07. The number of sulfonamides is 1. The molecule has 0 saturated carbocycles. The Morgan fingerprint density at radius 1 is 1.29 bits per heavy atom. The quantitative estimate of drug-likeness (QED) is 0.871. The first kappa shape index (κ1) is 14.3. The summed E-state index contributed by atoms with van der Waals surface area (Å²) in [4.78, 5) is 4.52. The number of hydrogen-bond donors (Lipinski definition) is 0. The van der Waals surface area contributed by atoms with Crippen LogP contribution in [0, 0.1) is 0 Å². The van der Waals surface area contributed by atoms with Crippen LogP contribution < -0.4 is 0 Å². The summed E-state index contributed by atoms with van der Waals surface area (Å²) in [5.74, 6) is 0. The van der Waals surface area contributed by atoms with E-state index in [1.807, 2.05) is 22.7 Å². The van der Waals surface area contributed by atoms with Gasteiger partial charge < -0.3 is 4.40 Å². The molecule has 0 N–H and O–H groups in total. The standard InChI is InChI=1S/C15H19N3O2S/c1-3-14-11-17-10-13(4-5-15(17)16-14)12-6-8-18(9-7-12)21(2,19)20/h4-6,10-11H,3,7-9H2,1-2H3. The summed E-state index contributed by atoms with van der Waals surface area (Å²) in [5.41, 5.74) is 4.36. The largest absolute Gasteiger partial charge is 0.306 e. The highest BCUT2D eigenvalue weighted by molar-refractivity contribution is 7.88. The van der Waals surface area contributed by atoms with E-state index in [1.165, 1.54) is 16.1 Å². The molecule has 0 radical (unpaired) electrons. The zero-order valence-electron chi connectivity index (χ0n) is 12.3. The van der Waals surface area contributed by atoms with Crippen molar-refractivity contribution >= 4 is 21.2 Å². The van der Waals surface area contributed by atoms with E-state index in [1.54, 1.807) is 0 Å². The molecule has 0 atom stereocenters. The smallest absolute Gasteiger partial charge is 0.211 e. The van der Waals surface area contributed by atoms with E-state index < -0.39 is 10.0 Å². The topological polar surface area (TPSA) is 54.7 Å². The molecule has 1 aliphatic rings. The Morgan fingerprint density at radius 2 is 2.10 bits per heavy atom. The fourth-order valence-electron chi connectivity index (χ4n) is 2.62. The summed E-state index contributed by atoms with van der Waals surface area (Å²) < 4.78 is 26.6. The van der Waals surface area contributed by atoms with Gasteiger partial charge in [0.05, 0.1) is 11.9 Å². The molecule has 3 heterocycles. The highest BCUT2D eigenvalue weighted by atomic mass is 32.2. The molecule has 0 bridgehead atoms. The van der Waals surface area contributed by atoms with Gasteiger partial charge in [-0.25, -0.2) is 13.4 Å². The summed E-state index contributed by atoms with van der Waals surface area (Å²) in [6.07, 6.45) is 9.05. The van der Waals surface area contributed by atoms with Crippen LogP contribution in [0.5, 0.6) is 0 Å². The highest BCUT2D eigenvalue weighted by Crippen LogP contribution is 2.24. The molecule has 5 nitrogen and oxygen atoms in total. The van der Waals surface area contributed by atoms with E-state index in [-0.39, 0.29) is 0 Å². The van der Waals surface area contributed by atoms with E-state index in [4.69, 9.17) is 0 Å². The molecule has 1 aliphatic heterocycles. The van der Waals surface area contributed by atoms with Gasteiger partial charge in [-0.15, -0.1) is 0 Å². The predicted molar refractivity (Wildman–Crippen MR) is 83.6 cm³/mol. The second-order valence-electron chi connectivity index (χ2n) is 5.37. The second kappa shape index (κ2) is 5.27. The Morgan fingerprint density at radius 3 is 2.71 bits per heavy atom. The third-order valence-corrected chi connectivity index (χ3v) is 5.14. The van der Waals surface area contributed by atoms with Crippen LogP contribution in [0.15, 0.2) is 30.6 Å². The zero-order chi connectivity index (χ0) is 15.0. The Labute approximate surface area is 125 Å². The molecule has 112 valence electrons. The first-order valence-electron chi connectivity index (χ1n) is 7.09. The minimum atomic E-state index is -3.09. The molecule has 0 amide bonds. The minimum Gasteiger partial charge on any atom is -0.306 e. The van der Waals surface area contributed by atoms with Crippen molar-refractivity contribution in [2.45, 2.75) is 19.8 Å². The van der Waals surface area contributed by atoms with Crippen molar-refractivity contribution in [2.24, 2.45) is 0 Å². The number of aryl methyl sites for hydroxylation is 1. The van der Waals surface area contributed by atoms with Crippen LogP contribution in [0.3, 0.4) is 0 Å². The maximum atomic E-state index is 11.5. The van der Waals surface area contributed by atoms with Crippen LogP contribution >= 0.6 is 0 Å². The lowest BCUT2D eigenvalue weighted by atomic mass is 10.0. The van der Waals surface area contributed by atoms with Crippen LogP contribution in [-0.2, 0) is 16.4 Å². The number of rotatable bonds is 3. The predicted octanol–water partition coefficient (Wildman–Crippen LogP) is 1.95. The van der Waals surface area contributed by atoms with Crippen molar-refractivity contribution in [3.05, 3.63) is 41.9 Å². The molecule has 2 aromatic rings. The van der Waals surface area contributed by atoms with Crippen molar-refractivity contribution in [1.82, 2.24) is 13.7 Å². The summed E-state index contributed by atoms with van der Waals surface area (Å²) in [7, 11) is -3.09. The van der Waals surface area contributed by atoms with Gasteiger partial charge in [-0.2, -0.15) is 4.31 Å². The lowest BCUT2D eigenvalue weighted by Gasteiger charge is -2.24. The Bertz CT molecular complexity index is 805. The average molecular weight is 305 g/mol. The van der Waals surface area contributed by atoms with Gasteiger partial charge in [0.2, 0.25) is 10.0 Å². The summed E-state index contributed by atoms with van der Waals surface area (Å²) in [6.45, 7) is 3.09. The fraction of sp³-hybridized carbons (Fsp3) is 0.400. The van der Waals surface area contributed by atoms with Crippen LogP contribution in [0.25, 0.3) is 11.2 Å². The van der Waals surface area contributed by atoms with Crippen LogP contribution in [-0.4, -0.2) is 41.5 Å². The number of hydrogen-bond acceptors (Lipinski definition) is 3. The van der Waals surface area contributed by atoms with Crippen molar-refractivity contribution in [3.63, 3.8) is 0 Å². The number of pyridine rings is 1. The Hall–Kier alpha value is -1.66. The highest BCUT2D eigenvalue weighted by Gasteiger charge is 2.20. The molecule has 6 heteroatoms.